The van der Waals surface area contributed by atoms with E-state index in [1.54, 1.807) is 30.1 Å². The van der Waals surface area contributed by atoms with E-state index in [0.29, 0.717) is 18.0 Å². The summed E-state index contributed by atoms with van der Waals surface area (Å²) in [6, 6.07) is 7.71. The van der Waals surface area contributed by atoms with Crippen LogP contribution in [0.3, 0.4) is 0 Å². The van der Waals surface area contributed by atoms with E-state index in [-0.39, 0.29) is 17.8 Å². The van der Waals surface area contributed by atoms with Crippen LogP contribution in [0.5, 0.6) is 0 Å². The van der Waals surface area contributed by atoms with Crippen LogP contribution in [0.2, 0.25) is 0 Å². The second kappa shape index (κ2) is 8.63. The number of amides is 1. The molecule has 1 unspecified atom stereocenters. The Labute approximate surface area is 159 Å². The largest absolute Gasteiger partial charge is 0.359 e. The van der Waals surface area contributed by atoms with Crippen molar-refractivity contribution in [1.82, 2.24) is 19.9 Å². The van der Waals surface area contributed by atoms with Gasteiger partial charge in [0.25, 0.3) is 5.91 Å². The summed E-state index contributed by atoms with van der Waals surface area (Å²) in [6.45, 7) is 9.89. The van der Waals surface area contributed by atoms with Gasteiger partial charge in [0.15, 0.2) is 11.5 Å². The molecule has 0 spiro atoms. The molecule has 0 N–H and O–H groups in total. The van der Waals surface area contributed by atoms with Gasteiger partial charge in [-0.25, -0.2) is 4.39 Å². The van der Waals surface area contributed by atoms with Crippen LogP contribution >= 0.6 is 0 Å². The quantitative estimate of drug-likeness (QED) is 0.778. The second-order valence-corrected chi connectivity index (χ2v) is 7.03. The van der Waals surface area contributed by atoms with Crippen molar-refractivity contribution in [3.05, 3.63) is 53.2 Å². The highest BCUT2D eigenvalue weighted by Crippen LogP contribution is 2.21. The molecule has 1 saturated heterocycles. The summed E-state index contributed by atoms with van der Waals surface area (Å²) in [6.07, 6.45) is 0. The number of carbonyl (C=O) groups is 1. The molecular formula is C20H27FN4O2. The van der Waals surface area contributed by atoms with Crippen molar-refractivity contribution < 1.29 is 13.7 Å². The first-order chi connectivity index (χ1) is 13.0. The molecule has 2 aromatic rings. The Morgan fingerprint density at radius 2 is 1.85 bits per heavy atom. The van der Waals surface area contributed by atoms with Crippen LogP contribution in [0.15, 0.2) is 34.9 Å². The van der Waals surface area contributed by atoms with Crippen molar-refractivity contribution in [2.75, 3.05) is 39.8 Å². The predicted octanol–water partition coefficient (Wildman–Crippen LogP) is 2.78. The van der Waals surface area contributed by atoms with Gasteiger partial charge in [-0.3, -0.25) is 9.69 Å². The molecule has 6 nitrogen and oxygen atoms in total. The zero-order chi connectivity index (χ0) is 19.4. The number of hydrogen-bond acceptors (Lipinski definition) is 5. The zero-order valence-corrected chi connectivity index (χ0v) is 16.2. The SMILES string of the molecule is CCN1CCN(Cc2cc(C(=O)N(C)C(C)c3ccc(F)cc3)no2)CC1. The zero-order valence-electron chi connectivity index (χ0n) is 16.2. The molecule has 0 saturated carbocycles. The third-order valence-corrected chi connectivity index (χ3v) is 5.32. The molecule has 2 heterocycles. The van der Waals surface area contributed by atoms with E-state index in [1.807, 2.05) is 6.92 Å². The van der Waals surface area contributed by atoms with E-state index in [1.165, 1.54) is 12.1 Å². The predicted molar refractivity (Wildman–Crippen MR) is 101 cm³/mol. The molecular weight excluding hydrogens is 347 g/mol. The van der Waals surface area contributed by atoms with Crippen LogP contribution in [0.25, 0.3) is 0 Å². The van der Waals surface area contributed by atoms with Gasteiger partial charge >= 0.3 is 0 Å². The molecule has 146 valence electrons. The average molecular weight is 374 g/mol. The van der Waals surface area contributed by atoms with Crippen LogP contribution < -0.4 is 0 Å². The molecule has 1 fully saturated rings. The monoisotopic (exact) mass is 374 g/mol. The molecule has 3 rings (SSSR count). The molecule has 1 amide bonds. The molecule has 0 bridgehead atoms. The van der Waals surface area contributed by atoms with Gasteiger partial charge in [-0.05, 0) is 31.2 Å². The van der Waals surface area contributed by atoms with E-state index in [4.69, 9.17) is 4.52 Å². The van der Waals surface area contributed by atoms with Gasteiger partial charge in [0.2, 0.25) is 0 Å². The van der Waals surface area contributed by atoms with Crippen molar-refractivity contribution >= 4 is 5.91 Å². The van der Waals surface area contributed by atoms with Gasteiger partial charge in [-0.1, -0.05) is 24.2 Å². The lowest BCUT2D eigenvalue weighted by Crippen LogP contribution is -2.45. The van der Waals surface area contributed by atoms with E-state index < -0.39 is 0 Å². The van der Waals surface area contributed by atoms with Crippen LogP contribution in [0.1, 0.15) is 41.7 Å². The lowest BCUT2D eigenvalue weighted by molar-refractivity contribution is 0.0731. The molecule has 1 atom stereocenters. The minimum Gasteiger partial charge on any atom is -0.359 e. The lowest BCUT2D eigenvalue weighted by atomic mass is 10.1. The topological polar surface area (TPSA) is 52.8 Å². The van der Waals surface area contributed by atoms with Gasteiger partial charge in [0.1, 0.15) is 5.82 Å². The Hall–Kier alpha value is -2.25. The van der Waals surface area contributed by atoms with E-state index in [9.17, 15) is 9.18 Å². The number of hydrogen-bond donors (Lipinski definition) is 0. The summed E-state index contributed by atoms with van der Waals surface area (Å²) in [7, 11) is 1.72. The van der Waals surface area contributed by atoms with Gasteiger partial charge in [0.05, 0.1) is 12.6 Å². The Morgan fingerprint density at radius 3 is 2.48 bits per heavy atom. The van der Waals surface area contributed by atoms with E-state index >= 15 is 0 Å². The number of aromatic nitrogens is 1. The van der Waals surface area contributed by atoms with Crippen LogP contribution in [0.4, 0.5) is 4.39 Å². The Bertz CT molecular complexity index is 754. The molecule has 1 aromatic heterocycles. The van der Waals surface area contributed by atoms with Crippen molar-refractivity contribution in [3.63, 3.8) is 0 Å². The number of piperazine rings is 1. The minimum atomic E-state index is -0.291. The van der Waals surface area contributed by atoms with E-state index in [2.05, 4.69) is 21.9 Å². The van der Waals surface area contributed by atoms with Gasteiger partial charge in [-0.2, -0.15) is 0 Å². The Morgan fingerprint density at radius 1 is 1.22 bits per heavy atom. The van der Waals surface area contributed by atoms with Gasteiger partial charge in [-0.15, -0.1) is 0 Å². The summed E-state index contributed by atoms with van der Waals surface area (Å²) in [5.74, 6) is 0.199. The molecule has 7 heteroatoms. The number of carbonyl (C=O) groups excluding carboxylic acids is 1. The molecule has 0 aliphatic carbocycles. The first-order valence-corrected chi connectivity index (χ1v) is 9.41. The Balaban J connectivity index is 1.59. The van der Waals surface area contributed by atoms with Crippen molar-refractivity contribution in [2.24, 2.45) is 0 Å². The third kappa shape index (κ3) is 4.73. The highest BCUT2D eigenvalue weighted by molar-refractivity contribution is 5.92. The lowest BCUT2D eigenvalue weighted by Gasteiger charge is -2.33. The van der Waals surface area contributed by atoms with Crippen molar-refractivity contribution in [2.45, 2.75) is 26.4 Å². The summed E-state index contributed by atoms with van der Waals surface area (Å²) in [5, 5.41) is 3.96. The molecule has 0 radical (unpaired) electrons. The summed E-state index contributed by atoms with van der Waals surface area (Å²) >= 11 is 0. The van der Waals surface area contributed by atoms with Gasteiger partial charge in [0, 0.05) is 39.3 Å². The fourth-order valence-corrected chi connectivity index (χ4v) is 3.29. The summed E-state index contributed by atoms with van der Waals surface area (Å²) < 4.78 is 18.5. The second-order valence-electron chi connectivity index (χ2n) is 7.03. The van der Waals surface area contributed by atoms with Crippen molar-refractivity contribution in [1.29, 1.82) is 0 Å². The molecule has 1 aliphatic heterocycles. The maximum Gasteiger partial charge on any atom is 0.276 e. The average Bonchev–Trinajstić information content (AvgIpc) is 3.16. The van der Waals surface area contributed by atoms with Gasteiger partial charge < -0.3 is 14.3 Å². The smallest absolute Gasteiger partial charge is 0.276 e. The normalized spacial score (nSPS) is 17.0. The van der Waals surface area contributed by atoms with E-state index in [0.717, 1.165) is 38.3 Å². The first kappa shape index (κ1) is 19.5. The number of benzene rings is 1. The summed E-state index contributed by atoms with van der Waals surface area (Å²) in [5.41, 5.74) is 1.17. The standard InChI is InChI=1S/C20H27FN4O2/c1-4-24-9-11-25(12-10-24)14-18-13-19(22-27-18)20(26)23(3)15(2)16-5-7-17(21)8-6-16/h5-8,13,15H,4,9-12,14H2,1-3H3. The van der Waals surface area contributed by atoms with Crippen LogP contribution in [-0.4, -0.2) is 65.5 Å². The fraction of sp³-hybridized carbons (Fsp3) is 0.500. The van der Waals surface area contributed by atoms with Crippen molar-refractivity contribution in [3.8, 4) is 0 Å². The fourth-order valence-electron chi connectivity index (χ4n) is 3.29. The van der Waals surface area contributed by atoms with Crippen LogP contribution in [0, 0.1) is 5.82 Å². The number of halogens is 1. The summed E-state index contributed by atoms with van der Waals surface area (Å²) in [4.78, 5) is 19.0. The number of likely N-dealkylation sites (N-methyl/N-ethyl adjacent to an activating group) is 1. The molecule has 27 heavy (non-hydrogen) atoms. The first-order valence-electron chi connectivity index (χ1n) is 9.41. The minimum absolute atomic E-state index is 0.194. The number of nitrogens with zero attached hydrogens (tertiary/aromatic N) is 4. The molecule has 1 aromatic carbocycles. The molecule has 1 aliphatic rings. The maximum absolute atomic E-state index is 13.1. The Kier molecular flexibility index (Phi) is 6.23. The van der Waals surface area contributed by atoms with Crippen LogP contribution in [-0.2, 0) is 6.54 Å². The third-order valence-electron chi connectivity index (χ3n) is 5.32. The highest BCUT2D eigenvalue weighted by atomic mass is 19.1. The number of rotatable bonds is 6. The highest BCUT2D eigenvalue weighted by Gasteiger charge is 2.23. The maximum atomic E-state index is 13.1.